The number of unbranched alkanes of at least 4 members (excludes halogenated alkanes) is 6. The van der Waals surface area contributed by atoms with Gasteiger partial charge in [0.2, 0.25) is 0 Å². The Hall–Kier alpha value is -5.22. The molecule has 0 radical (unpaired) electrons. The van der Waals surface area contributed by atoms with Gasteiger partial charge in [0.1, 0.15) is 117 Å². The Morgan fingerprint density at radius 3 is 0.653 bits per heavy atom. The van der Waals surface area contributed by atoms with Crippen LogP contribution in [0.4, 0.5) is 0 Å². The van der Waals surface area contributed by atoms with E-state index in [1.165, 1.54) is 167 Å². The van der Waals surface area contributed by atoms with Crippen LogP contribution in [0, 0.1) is 249 Å². The fourth-order valence-corrected chi connectivity index (χ4v) is 40.7. The molecule has 24 fully saturated rings. The fraction of sp³-hybridized carbons (Fsp3) is 0.854. The average molecular weight is 2040 g/mol. The smallest absolute Gasteiger partial charge is 0.306 e. The molecule has 24 nitrogen and oxygen atoms in total. The lowest BCUT2D eigenvalue weighted by molar-refractivity contribution is -0.149. The summed E-state index contributed by atoms with van der Waals surface area (Å²) in [7, 11) is 0. The Bertz CT molecular complexity index is 4660. The SMILES string of the molecule is O=C(CC1CC2CC1C1C3C=CC(C3)C21)OCC1COCO1.O=C(CCC1CC2CC1C1C3C=CC(C3)C21)OCC1COCO1.O=C(CCCC1CC2CC1C1C3C=CC(C3)C21)OCC1COCO1.O=C(CCCCC1CC2CC1C1C3C=CC(C3)C21)OCC1COCO1.O=C(CCCCCC1CC2CC1C1C3C=CC(C3)C21)OCC1COCO1.O=C(CCCCCCC1CC2CC1C1C3C=CC(C3)C21)OCC1COCO1. The van der Waals surface area contributed by atoms with Crippen LogP contribution >= 0.6 is 0 Å². The van der Waals surface area contributed by atoms with Crippen molar-refractivity contribution in [2.45, 2.75) is 287 Å². The Morgan fingerprint density at radius 2 is 0.388 bits per heavy atom. The molecule has 0 aromatic heterocycles. The van der Waals surface area contributed by atoms with Crippen molar-refractivity contribution < 1.29 is 114 Å². The molecule has 6 saturated heterocycles. The molecule has 48 unspecified atom stereocenters. The van der Waals surface area contributed by atoms with Gasteiger partial charge in [0.15, 0.2) is 0 Å². The van der Waals surface area contributed by atoms with Crippen molar-refractivity contribution in [3.8, 4) is 0 Å². The molecule has 0 aromatic rings. The molecule has 48 atom stereocenters. The molecule has 0 aromatic carbocycles. The number of ether oxygens (including phenoxy) is 18. The first-order valence-corrected chi connectivity index (χ1v) is 60.5. The van der Waals surface area contributed by atoms with Crippen molar-refractivity contribution >= 4 is 35.8 Å². The Labute approximate surface area is 873 Å². The zero-order valence-electron chi connectivity index (χ0n) is 87.7. The number of hydrogen-bond donors (Lipinski definition) is 0. The van der Waals surface area contributed by atoms with Crippen LogP contribution in [-0.2, 0) is 114 Å². The van der Waals surface area contributed by atoms with Crippen molar-refractivity contribution in [2.75, 3.05) is 120 Å². The molecule has 24 bridgehead atoms. The molecule has 24 heteroatoms. The van der Waals surface area contributed by atoms with E-state index in [1.807, 2.05) is 0 Å². The maximum atomic E-state index is 12.2. The molecule has 24 aliphatic carbocycles. The highest BCUT2D eigenvalue weighted by molar-refractivity contribution is 5.71. The summed E-state index contributed by atoms with van der Waals surface area (Å²) in [4.78, 5) is 71.4. The average Bonchev–Trinajstić information content (AvgIpc) is 1.58. The molecule has 6 aliphatic heterocycles. The van der Waals surface area contributed by atoms with Crippen LogP contribution in [-0.4, -0.2) is 192 Å². The fourth-order valence-electron chi connectivity index (χ4n) is 40.7. The maximum absolute atomic E-state index is 12.2. The predicted molar refractivity (Wildman–Crippen MR) is 541 cm³/mol. The number of fused-ring (bicyclic) bond motifs is 54. The van der Waals surface area contributed by atoms with Gasteiger partial charge in [0.25, 0.3) is 0 Å². The lowest BCUT2D eigenvalue weighted by atomic mass is 9.68. The van der Waals surface area contributed by atoms with Gasteiger partial charge in [-0.05, 0) is 403 Å². The molecular formula is C123H174O24. The number of allylic oxidation sites excluding steroid dienone is 12. The van der Waals surface area contributed by atoms with Gasteiger partial charge >= 0.3 is 35.8 Å². The van der Waals surface area contributed by atoms with E-state index in [2.05, 4.69) is 72.9 Å². The summed E-state index contributed by atoms with van der Waals surface area (Å²) in [6.45, 7) is 7.22. The maximum Gasteiger partial charge on any atom is 0.306 e. The van der Waals surface area contributed by atoms with E-state index >= 15 is 0 Å². The highest BCUT2D eigenvalue weighted by Crippen LogP contribution is 2.74. The molecule has 6 heterocycles. The van der Waals surface area contributed by atoms with Gasteiger partial charge in [-0.1, -0.05) is 131 Å². The van der Waals surface area contributed by atoms with E-state index in [0.29, 0.717) is 164 Å². The van der Waals surface area contributed by atoms with Gasteiger partial charge in [-0.3, -0.25) is 28.8 Å². The second-order valence-electron chi connectivity index (χ2n) is 52.7. The van der Waals surface area contributed by atoms with Gasteiger partial charge in [-0.2, -0.15) is 0 Å². The van der Waals surface area contributed by atoms with E-state index in [4.69, 9.17) is 85.3 Å². The van der Waals surface area contributed by atoms with Crippen LogP contribution < -0.4 is 0 Å². The topological polar surface area (TPSA) is 269 Å². The number of rotatable bonds is 39. The quantitative estimate of drug-likeness (QED) is 0.0182. The zero-order chi connectivity index (χ0) is 98.7. The van der Waals surface area contributed by atoms with Gasteiger partial charge in [0, 0.05) is 38.5 Å². The summed E-state index contributed by atoms with van der Waals surface area (Å²) in [5, 5.41) is 0. The first kappa shape index (κ1) is 102. The zero-order valence-corrected chi connectivity index (χ0v) is 87.7. The monoisotopic (exact) mass is 2040 g/mol. The number of esters is 6. The van der Waals surface area contributed by atoms with Crippen LogP contribution in [0.3, 0.4) is 0 Å². The summed E-state index contributed by atoms with van der Waals surface area (Å²) < 4.78 is 94.2. The number of hydrogen-bond acceptors (Lipinski definition) is 24. The normalized spacial score (nSPS) is 46.8. The molecule has 18 saturated carbocycles. The highest BCUT2D eigenvalue weighted by atomic mass is 16.7. The molecule has 0 amide bonds. The van der Waals surface area contributed by atoms with E-state index in [1.54, 1.807) is 0 Å². The van der Waals surface area contributed by atoms with E-state index in [0.717, 1.165) is 288 Å². The van der Waals surface area contributed by atoms with Crippen LogP contribution in [0.5, 0.6) is 0 Å². The minimum absolute atomic E-state index is 0.0386. The minimum atomic E-state index is -0.0889. The lowest BCUT2D eigenvalue weighted by Crippen LogP contribution is -2.32. The van der Waals surface area contributed by atoms with Crippen molar-refractivity contribution in [3.05, 3.63) is 72.9 Å². The highest BCUT2D eigenvalue weighted by Gasteiger charge is 2.67. The lowest BCUT2D eigenvalue weighted by Gasteiger charge is -2.36. The predicted octanol–water partition coefficient (Wildman–Crippen LogP) is 20.2. The summed E-state index contributed by atoms with van der Waals surface area (Å²) >= 11 is 0. The van der Waals surface area contributed by atoms with Crippen molar-refractivity contribution in [1.29, 1.82) is 0 Å². The Kier molecular flexibility index (Phi) is 32.2. The number of carbonyl (C=O) groups excluding carboxylic acids is 6. The van der Waals surface area contributed by atoms with Gasteiger partial charge < -0.3 is 85.3 Å². The Balaban J connectivity index is 0.0000000919. The van der Waals surface area contributed by atoms with Crippen LogP contribution in [0.1, 0.15) is 250 Å². The van der Waals surface area contributed by atoms with E-state index in [9.17, 15) is 28.8 Å². The number of carbonyl (C=O) groups is 6. The standard InChI is InChI=1S/C23H34O4.C22H32O4.C21H30O4.C20H28O4.C19H26O4.C18H24O4/c24-21(26-13-19-12-25-14-27-19)6-4-2-1-3-5-15-9-18-11-20(15)23-17-8-7-16(10-17)22(18)23;23-20(25-12-18-11-24-13-26-18)5-3-1-2-4-14-8-17-10-19(14)22-16-7-6-15(9-16)21(17)22;22-19(24-11-17-10-23-12-25-17)4-2-1-3-13-7-16-9-18(13)21-15-6-5-14(8-15)20(16)21;21-18(23-10-16-9-22-11-24-16)3-1-2-12-6-15-8-17(12)20-14-5-4-13(7-14)19(15)20;20-17(22-9-15-8-21-10-23-15)4-3-11-5-14-7-16(11)19-13-2-1-12(6-13)18(14)19;19-16(21-8-14-7-20-9-22-14)6-12-4-13-5-15(12)18-11-2-1-10(3-11)17(13)18/h7-8,15-20,22-23H,1-6,9-14H2;6-7,14-19,21-22H,1-5,8-13H2;5-6,13-18,20-21H,1-4,7-12H2;4-5,12-17,19-20H,1-3,6-11H2;1-2,11-16,18-19H,3-10H2;1-2,10-15,17-18H,3-9H2. The molecule has 30 rings (SSSR count). The van der Waals surface area contributed by atoms with Crippen LogP contribution in [0.15, 0.2) is 72.9 Å². The third-order valence-corrected chi connectivity index (χ3v) is 45.6. The van der Waals surface area contributed by atoms with Crippen molar-refractivity contribution in [1.82, 2.24) is 0 Å². The summed E-state index contributed by atoms with van der Waals surface area (Å²) in [6, 6.07) is 0. The Morgan fingerprint density at radius 1 is 0.190 bits per heavy atom. The van der Waals surface area contributed by atoms with E-state index < -0.39 is 0 Å². The molecule has 0 spiro atoms. The van der Waals surface area contributed by atoms with E-state index in [-0.39, 0.29) is 72.4 Å². The molecule has 810 valence electrons. The van der Waals surface area contributed by atoms with Gasteiger partial charge in [-0.25, -0.2) is 0 Å². The molecule has 30 aliphatic rings. The van der Waals surface area contributed by atoms with Crippen LogP contribution in [0.25, 0.3) is 0 Å². The first-order chi connectivity index (χ1) is 72.3. The summed E-state index contributed by atoms with van der Waals surface area (Å²) in [5.74, 6) is 39.0. The second kappa shape index (κ2) is 46.3. The van der Waals surface area contributed by atoms with Gasteiger partial charge in [0.05, 0.1) is 39.6 Å². The molecule has 0 N–H and O–H groups in total. The minimum Gasteiger partial charge on any atom is -0.463 e. The van der Waals surface area contributed by atoms with Gasteiger partial charge in [-0.15, -0.1) is 0 Å². The second-order valence-corrected chi connectivity index (χ2v) is 52.7. The van der Waals surface area contributed by atoms with Crippen LogP contribution in [0.2, 0.25) is 0 Å². The largest absolute Gasteiger partial charge is 0.463 e. The third-order valence-electron chi connectivity index (χ3n) is 45.6. The third kappa shape index (κ3) is 21.9. The van der Waals surface area contributed by atoms with Crippen molar-refractivity contribution in [2.24, 2.45) is 249 Å². The molecule has 147 heavy (non-hydrogen) atoms. The summed E-state index contributed by atoms with van der Waals surface area (Å²) in [6.07, 6.45) is 76.7. The molecular weight excluding hydrogens is 1860 g/mol. The van der Waals surface area contributed by atoms with Crippen molar-refractivity contribution in [3.63, 3.8) is 0 Å². The first-order valence-electron chi connectivity index (χ1n) is 60.5. The summed E-state index contributed by atoms with van der Waals surface area (Å²) in [5.41, 5.74) is 0.